The van der Waals surface area contributed by atoms with Gasteiger partial charge in [0.15, 0.2) is 0 Å². The number of furan rings is 1. The number of thioether (sulfide) groups is 1. The largest absolute Gasteiger partial charge is 0.463 e. The average molecular weight is 255 g/mol. The fourth-order valence-electron chi connectivity index (χ4n) is 1.08. The lowest BCUT2D eigenvalue weighted by Gasteiger charge is -1.95. The van der Waals surface area contributed by atoms with Crippen LogP contribution in [0.1, 0.15) is 16.3 Å². The Morgan fingerprint density at radius 1 is 1.62 bits per heavy atom. The number of rotatable bonds is 4. The van der Waals surface area contributed by atoms with Gasteiger partial charge in [0.05, 0.1) is 12.9 Å². The third-order valence-electron chi connectivity index (χ3n) is 1.80. The molecule has 0 aliphatic carbocycles. The second kappa shape index (κ2) is 5.18. The first-order valence-electron chi connectivity index (χ1n) is 4.49. The molecule has 84 valence electrons. The summed E-state index contributed by atoms with van der Waals surface area (Å²) in [6.45, 7) is 0. The number of esters is 1. The highest BCUT2D eigenvalue weighted by molar-refractivity contribution is 8.00. The molecule has 2 aromatic rings. The van der Waals surface area contributed by atoms with E-state index < -0.39 is 5.97 Å². The van der Waals surface area contributed by atoms with Gasteiger partial charge in [0.1, 0.15) is 10.1 Å². The van der Waals surface area contributed by atoms with E-state index in [4.69, 9.17) is 4.42 Å². The summed E-state index contributed by atoms with van der Waals surface area (Å²) in [6.07, 6.45) is 1.76. The SMILES string of the molecule is COC(=O)c1ccc(CSc2nccs2)o1. The Kier molecular flexibility index (Phi) is 3.63. The van der Waals surface area contributed by atoms with Crippen molar-refractivity contribution >= 4 is 29.1 Å². The zero-order chi connectivity index (χ0) is 11.4. The van der Waals surface area contributed by atoms with Gasteiger partial charge in [0, 0.05) is 11.6 Å². The van der Waals surface area contributed by atoms with Gasteiger partial charge < -0.3 is 9.15 Å². The van der Waals surface area contributed by atoms with Crippen molar-refractivity contribution in [3.63, 3.8) is 0 Å². The van der Waals surface area contributed by atoms with Crippen molar-refractivity contribution in [1.29, 1.82) is 0 Å². The van der Waals surface area contributed by atoms with Gasteiger partial charge in [-0.05, 0) is 12.1 Å². The Balaban J connectivity index is 1.95. The third-order valence-corrected chi connectivity index (χ3v) is 3.78. The van der Waals surface area contributed by atoms with Crippen LogP contribution in [0.5, 0.6) is 0 Å². The summed E-state index contributed by atoms with van der Waals surface area (Å²) < 4.78 is 10.8. The van der Waals surface area contributed by atoms with E-state index >= 15 is 0 Å². The second-order valence-corrected chi connectivity index (χ2v) is 4.96. The maximum absolute atomic E-state index is 11.1. The van der Waals surface area contributed by atoms with Crippen molar-refractivity contribution < 1.29 is 13.9 Å². The van der Waals surface area contributed by atoms with Gasteiger partial charge in [0.2, 0.25) is 5.76 Å². The fraction of sp³-hybridized carbons (Fsp3) is 0.200. The van der Waals surface area contributed by atoms with Crippen LogP contribution in [0.3, 0.4) is 0 Å². The van der Waals surface area contributed by atoms with E-state index in [0.717, 1.165) is 10.1 Å². The summed E-state index contributed by atoms with van der Waals surface area (Å²) in [7, 11) is 1.33. The number of hydrogen-bond donors (Lipinski definition) is 0. The van der Waals surface area contributed by atoms with Crippen molar-refractivity contribution in [3.05, 3.63) is 35.2 Å². The molecule has 16 heavy (non-hydrogen) atoms. The van der Waals surface area contributed by atoms with E-state index in [1.54, 1.807) is 41.4 Å². The van der Waals surface area contributed by atoms with E-state index in [-0.39, 0.29) is 5.76 Å². The van der Waals surface area contributed by atoms with Gasteiger partial charge in [-0.15, -0.1) is 11.3 Å². The molecule has 0 fully saturated rings. The molecule has 0 saturated carbocycles. The molecule has 0 bridgehead atoms. The molecule has 0 unspecified atom stereocenters. The smallest absolute Gasteiger partial charge is 0.373 e. The molecule has 0 aliphatic heterocycles. The van der Waals surface area contributed by atoms with Gasteiger partial charge in [-0.3, -0.25) is 0 Å². The van der Waals surface area contributed by atoms with Gasteiger partial charge in [-0.25, -0.2) is 9.78 Å². The first-order chi connectivity index (χ1) is 7.79. The molecule has 0 radical (unpaired) electrons. The van der Waals surface area contributed by atoms with Crippen LogP contribution in [0.2, 0.25) is 0 Å². The normalized spacial score (nSPS) is 10.3. The molecule has 0 saturated heterocycles. The molecule has 0 aliphatic rings. The van der Waals surface area contributed by atoms with Crippen molar-refractivity contribution in [1.82, 2.24) is 4.98 Å². The average Bonchev–Trinajstić information content (AvgIpc) is 2.96. The van der Waals surface area contributed by atoms with Crippen LogP contribution in [0, 0.1) is 0 Å². The second-order valence-electron chi connectivity index (χ2n) is 2.84. The van der Waals surface area contributed by atoms with E-state index in [1.165, 1.54) is 7.11 Å². The molecule has 0 amide bonds. The van der Waals surface area contributed by atoms with E-state index in [0.29, 0.717) is 5.75 Å². The number of carbonyl (C=O) groups is 1. The van der Waals surface area contributed by atoms with Crippen molar-refractivity contribution in [3.8, 4) is 0 Å². The van der Waals surface area contributed by atoms with Crippen LogP contribution in [0.4, 0.5) is 0 Å². The minimum atomic E-state index is -0.453. The van der Waals surface area contributed by atoms with Crippen molar-refractivity contribution in [2.24, 2.45) is 0 Å². The molecule has 0 N–H and O–H groups in total. The molecule has 2 heterocycles. The van der Waals surface area contributed by atoms with Gasteiger partial charge in [-0.1, -0.05) is 11.8 Å². The molecule has 0 atom stereocenters. The molecular formula is C10H9NO3S2. The van der Waals surface area contributed by atoms with Crippen LogP contribution in [-0.4, -0.2) is 18.1 Å². The zero-order valence-electron chi connectivity index (χ0n) is 8.50. The minimum Gasteiger partial charge on any atom is -0.463 e. The van der Waals surface area contributed by atoms with Crippen molar-refractivity contribution in [2.45, 2.75) is 10.1 Å². The van der Waals surface area contributed by atoms with Crippen LogP contribution in [0.15, 0.2) is 32.5 Å². The number of carbonyl (C=O) groups excluding carboxylic acids is 1. The molecule has 2 rings (SSSR count). The third kappa shape index (κ3) is 2.65. The van der Waals surface area contributed by atoms with Crippen LogP contribution < -0.4 is 0 Å². The van der Waals surface area contributed by atoms with Gasteiger partial charge in [0.25, 0.3) is 0 Å². The standard InChI is InChI=1S/C10H9NO3S2/c1-13-9(12)8-3-2-7(14-8)6-16-10-11-4-5-15-10/h2-5H,6H2,1H3. The highest BCUT2D eigenvalue weighted by Crippen LogP contribution is 2.25. The Hall–Kier alpha value is -1.27. The monoisotopic (exact) mass is 255 g/mol. The predicted molar refractivity (Wildman–Crippen MR) is 61.7 cm³/mol. The number of aromatic nitrogens is 1. The molecule has 6 heteroatoms. The lowest BCUT2D eigenvalue weighted by molar-refractivity contribution is 0.0563. The van der Waals surface area contributed by atoms with E-state index in [2.05, 4.69) is 9.72 Å². The van der Waals surface area contributed by atoms with Crippen molar-refractivity contribution in [2.75, 3.05) is 7.11 Å². The highest BCUT2D eigenvalue weighted by Gasteiger charge is 2.11. The predicted octanol–water partition coefficient (Wildman–Crippen LogP) is 2.82. The van der Waals surface area contributed by atoms with Crippen LogP contribution in [-0.2, 0) is 10.5 Å². The Labute approximate surface area is 101 Å². The zero-order valence-corrected chi connectivity index (χ0v) is 10.1. The lowest BCUT2D eigenvalue weighted by atomic mass is 10.4. The fourth-order valence-corrected chi connectivity index (χ4v) is 2.61. The maximum atomic E-state index is 11.1. The Bertz CT molecular complexity index is 464. The van der Waals surface area contributed by atoms with E-state index in [9.17, 15) is 4.79 Å². The number of hydrogen-bond acceptors (Lipinski definition) is 6. The maximum Gasteiger partial charge on any atom is 0.373 e. The summed E-state index contributed by atoms with van der Waals surface area (Å²) in [5.41, 5.74) is 0. The van der Waals surface area contributed by atoms with Crippen LogP contribution >= 0.6 is 23.1 Å². The first kappa shape index (κ1) is 11.2. The highest BCUT2D eigenvalue weighted by atomic mass is 32.2. The molecule has 4 nitrogen and oxygen atoms in total. The summed E-state index contributed by atoms with van der Waals surface area (Å²) in [5, 5.41) is 1.92. The summed E-state index contributed by atoms with van der Waals surface area (Å²) in [4.78, 5) is 15.3. The van der Waals surface area contributed by atoms with Gasteiger partial charge >= 0.3 is 5.97 Å². The molecular weight excluding hydrogens is 246 g/mol. The molecule has 0 spiro atoms. The quantitative estimate of drug-likeness (QED) is 0.621. The number of thiazole rings is 1. The van der Waals surface area contributed by atoms with Crippen LogP contribution in [0.25, 0.3) is 0 Å². The number of ether oxygens (including phenoxy) is 1. The first-order valence-corrected chi connectivity index (χ1v) is 6.35. The number of methoxy groups -OCH3 is 1. The number of nitrogens with zero attached hydrogens (tertiary/aromatic N) is 1. The Morgan fingerprint density at radius 3 is 3.19 bits per heavy atom. The topological polar surface area (TPSA) is 52.3 Å². The van der Waals surface area contributed by atoms with Gasteiger partial charge in [-0.2, -0.15) is 0 Å². The summed E-state index contributed by atoms with van der Waals surface area (Å²) in [6, 6.07) is 3.39. The lowest BCUT2D eigenvalue weighted by Crippen LogP contribution is -1.98. The summed E-state index contributed by atoms with van der Waals surface area (Å²) in [5.74, 6) is 1.17. The molecule has 0 aromatic carbocycles. The Morgan fingerprint density at radius 2 is 2.50 bits per heavy atom. The minimum absolute atomic E-state index is 0.234. The van der Waals surface area contributed by atoms with E-state index in [1.807, 2.05) is 5.38 Å². The summed E-state index contributed by atoms with van der Waals surface area (Å²) >= 11 is 3.15. The molecule has 2 aromatic heterocycles.